The zero-order chi connectivity index (χ0) is 23.3. The van der Waals surface area contributed by atoms with E-state index in [1.54, 1.807) is 30.3 Å². The molecule has 168 valence electrons. The topological polar surface area (TPSA) is 97.6 Å². The Kier molecular flexibility index (Phi) is 6.58. The quantitative estimate of drug-likeness (QED) is 0.379. The SMILES string of the molecule is Cc1ccc(Oc2ccccc2NC(=O)c2ccc(S(=O)(=O)NCc3ccco3)cc2)cc1. The molecule has 8 heteroatoms. The summed E-state index contributed by atoms with van der Waals surface area (Å²) < 4.78 is 38.4. The van der Waals surface area contributed by atoms with Crippen molar-refractivity contribution in [2.75, 3.05) is 5.32 Å². The average molecular weight is 463 g/mol. The minimum absolute atomic E-state index is 0.0370. The van der Waals surface area contributed by atoms with Crippen LogP contribution in [0.2, 0.25) is 0 Å². The van der Waals surface area contributed by atoms with Crippen molar-refractivity contribution in [2.24, 2.45) is 0 Å². The smallest absolute Gasteiger partial charge is 0.255 e. The highest BCUT2D eigenvalue weighted by Crippen LogP contribution is 2.29. The third-order valence-electron chi connectivity index (χ3n) is 4.83. The first-order chi connectivity index (χ1) is 15.9. The molecule has 33 heavy (non-hydrogen) atoms. The van der Waals surface area contributed by atoms with Crippen LogP contribution in [0.4, 0.5) is 5.69 Å². The van der Waals surface area contributed by atoms with Gasteiger partial charge in [-0.2, -0.15) is 0 Å². The fraction of sp³-hybridized carbons (Fsp3) is 0.0800. The first-order valence-electron chi connectivity index (χ1n) is 10.2. The second-order valence-electron chi connectivity index (χ2n) is 7.29. The van der Waals surface area contributed by atoms with E-state index in [1.165, 1.54) is 30.5 Å². The van der Waals surface area contributed by atoms with Crippen molar-refractivity contribution in [1.82, 2.24) is 4.72 Å². The summed E-state index contributed by atoms with van der Waals surface area (Å²) in [5.41, 5.74) is 1.93. The molecule has 0 saturated heterocycles. The molecule has 0 atom stereocenters. The van der Waals surface area contributed by atoms with Gasteiger partial charge in [-0.3, -0.25) is 4.79 Å². The number of nitrogens with one attached hydrogen (secondary N) is 2. The zero-order valence-electron chi connectivity index (χ0n) is 17.8. The van der Waals surface area contributed by atoms with Crippen LogP contribution in [0.5, 0.6) is 11.5 Å². The molecule has 4 aromatic rings. The number of carbonyl (C=O) groups excluding carboxylic acids is 1. The number of hydrogen-bond acceptors (Lipinski definition) is 5. The number of furan rings is 1. The van der Waals surface area contributed by atoms with Crippen LogP contribution in [0.1, 0.15) is 21.7 Å². The molecule has 0 saturated carbocycles. The van der Waals surface area contributed by atoms with Crippen molar-refractivity contribution < 1.29 is 22.4 Å². The fourth-order valence-electron chi connectivity index (χ4n) is 3.03. The van der Waals surface area contributed by atoms with E-state index in [1.807, 2.05) is 37.3 Å². The van der Waals surface area contributed by atoms with E-state index in [-0.39, 0.29) is 17.3 Å². The number of hydrogen-bond donors (Lipinski definition) is 2. The van der Waals surface area contributed by atoms with Crippen molar-refractivity contribution in [3.8, 4) is 11.5 Å². The number of rotatable bonds is 8. The molecule has 0 fully saturated rings. The highest BCUT2D eigenvalue weighted by atomic mass is 32.2. The molecule has 1 heterocycles. The van der Waals surface area contributed by atoms with Gasteiger partial charge < -0.3 is 14.5 Å². The lowest BCUT2D eigenvalue weighted by molar-refractivity contribution is 0.102. The third kappa shape index (κ3) is 5.68. The van der Waals surface area contributed by atoms with E-state index in [2.05, 4.69) is 10.0 Å². The summed E-state index contributed by atoms with van der Waals surface area (Å²) in [6.07, 6.45) is 1.47. The number of carbonyl (C=O) groups is 1. The summed E-state index contributed by atoms with van der Waals surface area (Å²) in [4.78, 5) is 12.8. The molecule has 0 radical (unpaired) electrons. The van der Waals surface area contributed by atoms with Gasteiger partial charge in [0.25, 0.3) is 5.91 Å². The van der Waals surface area contributed by atoms with Gasteiger partial charge in [-0.25, -0.2) is 13.1 Å². The molecule has 0 bridgehead atoms. The lowest BCUT2D eigenvalue weighted by Crippen LogP contribution is -2.23. The predicted octanol–water partition coefficient (Wildman–Crippen LogP) is 5.11. The third-order valence-corrected chi connectivity index (χ3v) is 6.24. The molecule has 1 aromatic heterocycles. The molecule has 0 aliphatic carbocycles. The van der Waals surface area contributed by atoms with Crippen LogP contribution in [0, 0.1) is 6.92 Å². The van der Waals surface area contributed by atoms with Gasteiger partial charge in [0.1, 0.15) is 11.5 Å². The van der Waals surface area contributed by atoms with Gasteiger partial charge in [0, 0.05) is 5.56 Å². The van der Waals surface area contributed by atoms with Crippen molar-refractivity contribution in [3.63, 3.8) is 0 Å². The molecule has 3 aromatic carbocycles. The van der Waals surface area contributed by atoms with Gasteiger partial charge in [-0.05, 0) is 67.6 Å². The van der Waals surface area contributed by atoms with Crippen LogP contribution in [0.15, 0.2) is 101 Å². The van der Waals surface area contributed by atoms with Gasteiger partial charge in [0.2, 0.25) is 10.0 Å². The Labute approximate surface area is 192 Å². The van der Waals surface area contributed by atoms with Crippen LogP contribution >= 0.6 is 0 Å². The number of anilines is 1. The van der Waals surface area contributed by atoms with Gasteiger partial charge in [-0.1, -0.05) is 29.8 Å². The molecule has 7 nitrogen and oxygen atoms in total. The first-order valence-corrected chi connectivity index (χ1v) is 11.7. The lowest BCUT2D eigenvalue weighted by atomic mass is 10.2. The van der Waals surface area contributed by atoms with E-state index >= 15 is 0 Å². The van der Waals surface area contributed by atoms with Crippen molar-refractivity contribution in [3.05, 3.63) is 108 Å². The van der Waals surface area contributed by atoms with Crippen LogP contribution in [0.25, 0.3) is 0 Å². The van der Waals surface area contributed by atoms with Crippen molar-refractivity contribution in [1.29, 1.82) is 0 Å². The minimum atomic E-state index is -3.74. The molecule has 0 aliphatic rings. The van der Waals surface area contributed by atoms with Crippen LogP contribution in [-0.2, 0) is 16.6 Å². The standard InChI is InChI=1S/C25H22N2O5S/c1-18-8-12-20(13-9-18)32-24-7-3-2-6-23(24)27-25(28)19-10-14-22(15-11-19)33(29,30)26-17-21-5-4-16-31-21/h2-16,26H,17H2,1H3,(H,27,28). The molecular weight excluding hydrogens is 440 g/mol. The van der Waals surface area contributed by atoms with E-state index in [4.69, 9.17) is 9.15 Å². The first kappa shape index (κ1) is 22.3. The second-order valence-corrected chi connectivity index (χ2v) is 9.06. The maximum absolute atomic E-state index is 12.8. The van der Waals surface area contributed by atoms with Gasteiger partial charge in [0.15, 0.2) is 5.75 Å². The molecule has 2 N–H and O–H groups in total. The van der Waals surface area contributed by atoms with Gasteiger partial charge in [0.05, 0.1) is 23.4 Å². The number of sulfonamides is 1. The number of benzene rings is 3. The summed E-state index contributed by atoms with van der Waals surface area (Å²) in [6, 6.07) is 23.7. The molecule has 0 aliphatic heterocycles. The molecule has 0 unspecified atom stereocenters. The van der Waals surface area contributed by atoms with E-state index in [0.29, 0.717) is 28.5 Å². The van der Waals surface area contributed by atoms with Crippen LogP contribution in [0.3, 0.4) is 0 Å². The lowest BCUT2D eigenvalue weighted by Gasteiger charge is -2.13. The van der Waals surface area contributed by atoms with Crippen molar-refractivity contribution in [2.45, 2.75) is 18.4 Å². The fourth-order valence-corrected chi connectivity index (χ4v) is 4.03. The highest BCUT2D eigenvalue weighted by Gasteiger charge is 2.16. The normalized spacial score (nSPS) is 11.2. The Balaban J connectivity index is 1.44. The molecule has 4 rings (SSSR count). The summed E-state index contributed by atoms with van der Waals surface area (Å²) in [7, 11) is -3.74. The maximum atomic E-state index is 12.8. The van der Waals surface area contributed by atoms with Crippen molar-refractivity contribution >= 4 is 21.6 Å². The molecule has 1 amide bonds. The van der Waals surface area contributed by atoms with Gasteiger partial charge in [-0.15, -0.1) is 0 Å². The summed E-state index contributed by atoms with van der Waals surface area (Å²) >= 11 is 0. The molecular formula is C25H22N2O5S. The Hall–Kier alpha value is -3.88. The minimum Gasteiger partial charge on any atom is -0.468 e. The summed E-state index contributed by atoms with van der Waals surface area (Å²) in [5.74, 6) is 1.26. The monoisotopic (exact) mass is 462 g/mol. The average Bonchev–Trinajstić information content (AvgIpc) is 3.34. The Morgan fingerprint density at radius 1 is 0.909 bits per heavy atom. The van der Waals surface area contributed by atoms with Crippen LogP contribution in [-0.4, -0.2) is 14.3 Å². The Morgan fingerprint density at radius 3 is 2.33 bits per heavy atom. The number of para-hydroxylation sites is 2. The summed E-state index contributed by atoms with van der Waals surface area (Å²) in [5, 5.41) is 2.82. The highest BCUT2D eigenvalue weighted by molar-refractivity contribution is 7.89. The Bertz CT molecular complexity index is 1330. The van der Waals surface area contributed by atoms with Crippen LogP contribution < -0.4 is 14.8 Å². The van der Waals surface area contributed by atoms with E-state index in [0.717, 1.165) is 5.56 Å². The molecule has 0 spiro atoms. The largest absolute Gasteiger partial charge is 0.468 e. The maximum Gasteiger partial charge on any atom is 0.255 e. The number of amides is 1. The number of ether oxygens (including phenoxy) is 1. The predicted molar refractivity (Wildman–Crippen MR) is 125 cm³/mol. The Morgan fingerprint density at radius 2 is 1.64 bits per heavy atom. The van der Waals surface area contributed by atoms with E-state index in [9.17, 15) is 13.2 Å². The summed E-state index contributed by atoms with van der Waals surface area (Å²) in [6.45, 7) is 2.03. The van der Waals surface area contributed by atoms with E-state index < -0.39 is 10.0 Å². The number of aryl methyl sites for hydroxylation is 1. The zero-order valence-corrected chi connectivity index (χ0v) is 18.6. The van der Waals surface area contributed by atoms with Gasteiger partial charge >= 0.3 is 0 Å². The second kappa shape index (κ2) is 9.72.